The van der Waals surface area contributed by atoms with Gasteiger partial charge in [-0.3, -0.25) is 4.79 Å². The van der Waals surface area contributed by atoms with Crippen molar-refractivity contribution >= 4 is 23.0 Å². The van der Waals surface area contributed by atoms with Crippen LogP contribution in [0.25, 0.3) is 0 Å². The third-order valence-electron chi connectivity index (χ3n) is 4.24. The molecule has 0 unspecified atom stereocenters. The van der Waals surface area contributed by atoms with Gasteiger partial charge in [0.1, 0.15) is 17.2 Å². The Morgan fingerprint density at radius 1 is 1.00 bits per heavy atom. The molecular formula is C21H15F4N3O5S. The third kappa shape index (κ3) is 5.92. The number of primary amides is 1. The van der Waals surface area contributed by atoms with Crippen LogP contribution < -0.4 is 15.2 Å². The summed E-state index contributed by atoms with van der Waals surface area (Å²) in [6.07, 6.45) is 0. The van der Waals surface area contributed by atoms with Crippen LogP contribution in [-0.4, -0.2) is 32.0 Å². The van der Waals surface area contributed by atoms with Crippen LogP contribution in [0.4, 0.5) is 22.4 Å². The number of nitrogens with two attached hydrogens (primary N) is 1. The molecule has 0 bridgehead atoms. The number of aromatic carboxylic acids is 1. The predicted molar refractivity (Wildman–Crippen MR) is 112 cm³/mol. The fourth-order valence-electron chi connectivity index (χ4n) is 2.72. The maximum absolute atomic E-state index is 14.1. The summed E-state index contributed by atoms with van der Waals surface area (Å²) in [4.78, 5) is 31.0. The second-order valence-electron chi connectivity index (χ2n) is 6.76. The van der Waals surface area contributed by atoms with Gasteiger partial charge in [-0.25, -0.2) is 22.4 Å². The highest BCUT2D eigenvalue weighted by atomic mass is 32.2. The Kier molecular flexibility index (Phi) is 7.56. The van der Waals surface area contributed by atoms with E-state index in [1.165, 1.54) is 6.92 Å². The van der Waals surface area contributed by atoms with Gasteiger partial charge in [-0.15, -0.1) is 0 Å². The topological polar surface area (TPSA) is 125 Å². The van der Waals surface area contributed by atoms with Crippen LogP contribution >= 0.6 is 11.8 Å². The molecule has 8 nitrogen and oxygen atoms in total. The molecule has 3 aromatic rings. The van der Waals surface area contributed by atoms with Crippen LogP contribution in [-0.2, 0) is 0 Å². The minimum absolute atomic E-state index is 0.0126. The highest BCUT2D eigenvalue weighted by Gasteiger charge is 2.28. The zero-order valence-corrected chi connectivity index (χ0v) is 18.0. The lowest BCUT2D eigenvalue weighted by Crippen LogP contribution is -2.15. The Balaban J connectivity index is 2.13. The average Bonchev–Trinajstić information content (AvgIpc) is 2.75. The zero-order chi connectivity index (χ0) is 25.0. The summed E-state index contributed by atoms with van der Waals surface area (Å²) in [5.41, 5.74) is 4.31. The Bertz CT molecular complexity index is 1260. The molecule has 1 atom stereocenters. The number of benzene rings is 2. The highest BCUT2D eigenvalue weighted by Crippen LogP contribution is 2.34. The number of amides is 1. The zero-order valence-electron chi connectivity index (χ0n) is 17.2. The van der Waals surface area contributed by atoms with Gasteiger partial charge in [-0.2, -0.15) is 9.97 Å². The monoisotopic (exact) mass is 497 g/mol. The first-order valence-electron chi connectivity index (χ1n) is 9.38. The number of carboxylic acid groups (broad SMARTS) is 1. The summed E-state index contributed by atoms with van der Waals surface area (Å²) in [6.45, 7) is 1.51. The molecule has 1 heterocycles. The second kappa shape index (κ2) is 10.4. The minimum atomic E-state index is -1.57. The van der Waals surface area contributed by atoms with Crippen molar-refractivity contribution in [3.63, 3.8) is 0 Å². The van der Waals surface area contributed by atoms with Crippen molar-refractivity contribution in [2.24, 2.45) is 5.73 Å². The Hall–Kier alpha value is -3.87. The van der Waals surface area contributed by atoms with Crippen LogP contribution in [0.1, 0.15) is 28.9 Å². The van der Waals surface area contributed by atoms with Crippen molar-refractivity contribution in [2.45, 2.75) is 12.8 Å². The number of thioether (sulfide) groups is 1. The number of nitrogens with zero attached hydrogens (tertiary/aromatic N) is 2. The molecule has 0 aliphatic carbocycles. The third-order valence-corrected chi connectivity index (χ3v) is 5.19. The first-order valence-corrected chi connectivity index (χ1v) is 10.4. The highest BCUT2D eigenvalue weighted by molar-refractivity contribution is 8.13. The number of hydrogen-bond acceptors (Lipinski definition) is 7. The molecule has 0 saturated carbocycles. The molecule has 0 spiro atoms. The van der Waals surface area contributed by atoms with E-state index < -0.39 is 69.3 Å². The summed E-state index contributed by atoms with van der Waals surface area (Å²) in [6, 6.07) is 4.07. The van der Waals surface area contributed by atoms with Crippen molar-refractivity contribution in [3.8, 4) is 23.4 Å². The lowest BCUT2D eigenvalue weighted by atomic mass is 10.0. The van der Waals surface area contributed by atoms with Gasteiger partial charge in [0, 0.05) is 23.8 Å². The van der Waals surface area contributed by atoms with E-state index in [2.05, 4.69) is 9.97 Å². The normalized spacial score (nSPS) is 11.7. The summed E-state index contributed by atoms with van der Waals surface area (Å²) < 4.78 is 65.2. The molecule has 0 fully saturated rings. The molecule has 0 radical (unpaired) electrons. The maximum Gasteiger partial charge on any atom is 0.343 e. The van der Waals surface area contributed by atoms with Gasteiger partial charge >= 0.3 is 12.0 Å². The second-order valence-corrected chi connectivity index (χ2v) is 7.79. The summed E-state index contributed by atoms with van der Waals surface area (Å²) >= 11 is 0.683. The Labute approximate surface area is 193 Å². The quantitative estimate of drug-likeness (QED) is 0.406. The van der Waals surface area contributed by atoms with Gasteiger partial charge < -0.3 is 20.3 Å². The lowest BCUT2D eigenvalue weighted by Gasteiger charge is -2.17. The molecule has 178 valence electrons. The fraction of sp³-hybridized carbons (Fsp3) is 0.143. The summed E-state index contributed by atoms with van der Waals surface area (Å²) in [5, 5.41) is 9.04. The van der Waals surface area contributed by atoms with Crippen LogP contribution in [0.2, 0.25) is 0 Å². The van der Waals surface area contributed by atoms with Crippen molar-refractivity contribution < 1.29 is 41.7 Å². The standard InChI is InChI=1S/C21H15F4N3O5S/c1-9(8-34-20(26)31)17-16(19(29)30)18(32-14-4-2-10(22)6-12(14)24)28-21(27-17)33-15-5-3-11(23)7-13(15)25/h2-7,9H,8H2,1H3,(H2,26,31)(H,29,30)/t9-/m0/s1. The first kappa shape index (κ1) is 24.8. The minimum Gasteiger partial charge on any atom is -0.477 e. The summed E-state index contributed by atoms with van der Waals surface area (Å²) in [7, 11) is 0. The molecule has 0 aliphatic rings. The number of carboxylic acids is 1. The van der Waals surface area contributed by atoms with Crippen LogP contribution in [0.5, 0.6) is 23.4 Å². The summed E-state index contributed by atoms with van der Waals surface area (Å²) in [5.74, 6) is -8.12. The molecule has 0 saturated heterocycles. The van der Waals surface area contributed by atoms with Crippen molar-refractivity contribution in [1.29, 1.82) is 0 Å². The number of aromatic nitrogens is 2. The van der Waals surface area contributed by atoms with Crippen LogP contribution in [0.3, 0.4) is 0 Å². The Morgan fingerprint density at radius 3 is 2.06 bits per heavy atom. The smallest absolute Gasteiger partial charge is 0.343 e. The van der Waals surface area contributed by atoms with E-state index in [4.69, 9.17) is 15.2 Å². The van der Waals surface area contributed by atoms with Gasteiger partial charge in [0.05, 0.1) is 5.69 Å². The first-order chi connectivity index (χ1) is 16.0. The number of rotatable bonds is 8. The van der Waals surface area contributed by atoms with Crippen molar-refractivity contribution in [2.75, 3.05) is 5.75 Å². The molecule has 1 amide bonds. The van der Waals surface area contributed by atoms with Crippen molar-refractivity contribution in [3.05, 3.63) is 70.9 Å². The molecule has 2 aromatic carbocycles. The molecule has 1 aromatic heterocycles. The van der Waals surface area contributed by atoms with Crippen LogP contribution in [0, 0.1) is 23.3 Å². The van der Waals surface area contributed by atoms with E-state index >= 15 is 0 Å². The molecule has 34 heavy (non-hydrogen) atoms. The largest absolute Gasteiger partial charge is 0.477 e. The fourth-order valence-corrected chi connectivity index (χ4v) is 3.29. The average molecular weight is 497 g/mol. The van der Waals surface area contributed by atoms with E-state index in [1.54, 1.807) is 0 Å². The molecule has 3 N–H and O–H groups in total. The molecule has 13 heteroatoms. The van der Waals surface area contributed by atoms with Gasteiger partial charge in [-0.1, -0.05) is 18.7 Å². The van der Waals surface area contributed by atoms with E-state index in [0.717, 1.165) is 24.3 Å². The number of hydrogen-bond donors (Lipinski definition) is 2. The van der Waals surface area contributed by atoms with E-state index in [-0.39, 0.29) is 11.4 Å². The molecule has 3 rings (SSSR count). The van der Waals surface area contributed by atoms with Gasteiger partial charge in [0.25, 0.3) is 5.24 Å². The molecular weight excluding hydrogens is 482 g/mol. The SMILES string of the molecule is C[C@@H](CSC(N)=O)c1nc(Oc2ccc(F)cc2F)nc(Oc2ccc(F)cc2F)c1C(=O)O. The van der Waals surface area contributed by atoms with Gasteiger partial charge in [0.15, 0.2) is 23.1 Å². The van der Waals surface area contributed by atoms with Gasteiger partial charge in [-0.05, 0) is 24.3 Å². The van der Waals surface area contributed by atoms with E-state index in [1.807, 2.05) is 0 Å². The lowest BCUT2D eigenvalue weighted by molar-refractivity contribution is 0.0690. The van der Waals surface area contributed by atoms with E-state index in [0.29, 0.717) is 23.9 Å². The Morgan fingerprint density at radius 2 is 1.56 bits per heavy atom. The van der Waals surface area contributed by atoms with Crippen LogP contribution in [0.15, 0.2) is 36.4 Å². The molecule has 0 aliphatic heterocycles. The number of ether oxygens (including phenoxy) is 2. The maximum atomic E-state index is 14.1. The predicted octanol–water partition coefficient (Wildman–Crippen LogP) is 5.23. The number of halogens is 4. The number of carbonyl (C=O) groups excluding carboxylic acids is 1. The van der Waals surface area contributed by atoms with E-state index in [9.17, 15) is 32.3 Å². The van der Waals surface area contributed by atoms with Crippen molar-refractivity contribution in [1.82, 2.24) is 9.97 Å². The van der Waals surface area contributed by atoms with Gasteiger partial charge in [0.2, 0.25) is 5.88 Å². The number of carbonyl (C=O) groups is 2.